The molecule has 1 aromatic carbocycles. The molecule has 1 aromatic heterocycles. The Morgan fingerprint density at radius 2 is 2.00 bits per heavy atom. The number of para-hydroxylation sites is 1. The summed E-state index contributed by atoms with van der Waals surface area (Å²) in [5.74, 6) is 5.79. The fourth-order valence-electron chi connectivity index (χ4n) is 1.93. The van der Waals surface area contributed by atoms with Crippen molar-refractivity contribution in [2.24, 2.45) is 5.84 Å². The number of amides is 1. The van der Waals surface area contributed by atoms with Crippen molar-refractivity contribution in [1.29, 1.82) is 0 Å². The number of anilines is 2. The van der Waals surface area contributed by atoms with Gasteiger partial charge < -0.3 is 10.3 Å². The van der Waals surface area contributed by atoms with Gasteiger partial charge in [-0.25, -0.2) is 10.8 Å². The molecule has 0 unspecified atom stereocenters. The number of nitrogens with zero attached hydrogens (tertiary/aromatic N) is 2. The summed E-state index contributed by atoms with van der Waals surface area (Å²) < 4.78 is 0. The Bertz CT molecular complexity index is 576. The Morgan fingerprint density at radius 3 is 2.60 bits per heavy atom. The standard InChI is InChI=1S/C15H18N4O/c1-3-12-9-11(10-14(17-12)18-16)15(20)19(2)13-7-5-4-6-8-13/h4-10H,3,16H2,1-2H3,(H,17,18). The van der Waals surface area contributed by atoms with Gasteiger partial charge in [0, 0.05) is 24.0 Å². The van der Waals surface area contributed by atoms with E-state index in [1.54, 1.807) is 24.1 Å². The number of carbonyl (C=O) groups excluding carboxylic acids is 1. The van der Waals surface area contributed by atoms with Crippen molar-refractivity contribution in [1.82, 2.24) is 4.98 Å². The van der Waals surface area contributed by atoms with Gasteiger partial charge in [0.25, 0.3) is 5.91 Å². The molecular formula is C15H18N4O. The molecule has 0 saturated carbocycles. The average Bonchev–Trinajstić information content (AvgIpc) is 2.53. The Labute approximate surface area is 118 Å². The van der Waals surface area contributed by atoms with E-state index in [1.807, 2.05) is 37.3 Å². The summed E-state index contributed by atoms with van der Waals surface area (Å²) in [7, 11) is 1.75. The van der Waals surface area contributed by atoms with Crippen LogP contribution in [0.25, 0.3) is 0 Å². The zero-order chi connectivity index (χ0) is 14.5. The first-order valence-electron chi connectivity index (χ1n) is 6.46. The van der Waals surface area contributed by atoms with Gasteiger partial charge in [-0.2, -0.15) is 0 Å². The van der Waals surface area contributed by atoms with Gasteiger partial charge >= 0.3 is 0 Å². The monoisotopic (exact) mass is 270 g/mol. The molecule has 104 valence electrons. The van der Waals surface area contributed by atoms with Crippen LogP contribution in [0.15, 0.2) is 42.5 Å². The Balaban J connectivity index is 2.33. The van der Waals surface area contributed by atoms with E-state index in [9.17, 15) is 4.79 Å². The van der Waals surface area contributed by atoms with Crippen LogP contribution in [0.3, 0.4) is 0 Å². The molecule has 0 spiro atoms. The number of hydrogen-bond acceptors (Lipinski definition) is 4. The topological polar surface area (TPSA) is 71.2 Å². The minimum atomic E-state index is -0.0928. The number of nitrogen functional groups attached to an aromatic ring is 1. The van der Waals surface area contributed by atoms with E-state index in [4.69, 9.17) is 5.84 Å². The van der Waals surface area contributed by atoms with Crippen LogP contribution in [0.4, 0.5) is 11.5 Å². The Morgan fingerprint density at radius 1 is 1.30 bits per heavy atom. The van der Waals surface area contributed by atoms with E-state index >= 15 is 0 Å². The summed E-state index contributed by atoms with van der Waals surface area (Å²) in [6.45, 7) is 1.98. The minimum Gasteiger partial charge on any atom is -0.311 e. The molecule has 20 heavy (non-hydrogen) atoms. The maximum Gasteiger partial charge on any atom is 0.258 e. The number of nitrogens with one attached hydrogen (secondary N) is 1. The third-order valence-corrected chi connectivity index (χ3v) is 3.08. The van der Waals surface area contributed by atoms with Crippen molar-refractivity contribution in [3.05, 3.63) is 53.7 Å². The third-order valence-electron chi connectivity index (χ3n) is 3.08. The zero-order valence-electron chi connectivity index (χ0n) is 11.6. The first-order valence-corrected chi connectivity index (χ1v) is 6.46. The molecule has 0 aliphatic rings. The molecule has 0 radical (unpaired) electrons. The maximum atomic E-state index is 12.5. The van der Waals surface area contributed by atoms with Gasteiger partial charge in [-0.15, -0.1) is 0 Å². The molecule has 1 heterocycles. The largest absolute Gasteiger partial charge is 0.311 e. The lowest BCUT2D eigenvalue weighted by Gasteiger charge is -2.18. The molecule has 3 N–H and O–H groups in total. The van der Waals surface area contributed by atoms with Gasteiger partial charge in [-0.3, -0.25) is 4.79 Å². The number of hydrazine groups is 1. The van der Waals surface area contributed by atoms with Crippen molar-refractivity contribution in [3.8, 4) is 0 Å². The Kier molecular flexibility index (Phi) is 4.32. The quantitative estimate of drug-likeness (QED) is 0.660. The molecular weight excluding hydrogens is 252 g/mol. The number of benzene rings is 1. The summed E-state index contributed by atoms with van der Waals surface area (Å²) >= 11 is 0. The zero-order valence-corrected chi connectivity index (χ0v) is 11.6. The van der Waals surface area contributed by atoms with Crippen LogP contribution in [0.5, 0.6) is 0 Å². The molecule has 5 heteroatoms. The molecule has 0 atom stereocenters. The summed E-state index contributed by atoms with van der Waals surface area (Å²) in [5.41, 5.74) is 4.73. The van der Waals surface area contributed by atoms with Crippen LogP contribution in [-0.2, 0) is 6.42 Å². The van der Waals surface area contributed by atoms with Crippen LogP contribution >= 0.6 is 0 Å². The highest BCUT2D eigenvalue weighted by molar-refractivity contribution is 6.06. The second kappa shape index (κ2) is 6.16. The van der Waals surface area contributed by atoms with Gasteiger partial charge in [-0.05, 0) is 30.7 Å². The van der Waals surface area contributed by atoms with Crippen molar-refractivity contribution in [2.45, 2.75) is 13.3 Å². The predicted octanol–water partition coefficient (Wildman–Crippen LogP) is 2.21. The first-order chi connectivity index (χ1) is 9.65. The Hall–Kier alpha value is -2.40. The number of aromatic nitrogens is 1. The fourth-order valence-corrected chi connectivity index (χ4v) is 1.93. The van der Waals surface area contributed by atoms with E-state index in [1.165, 1.54) is 0 Å². The summed E-state index contributed by atoms with van der Waals surface area (Å²) in [6, 6.07) is 12.9. The highest BCUT2D eigenvalue weighted by Gasteiger charge is 2.15. The van der Waals surface area contributed by atoms with Gasteiger partial charge in [0.2, 0.25) is 0 Å². The molecule has 0 fully saturated rings. The fraction of sp³-hybridized carbons (Fsp3) is 0.200. The number of nitrogens with two attached hydrogens (primary N) is 1. The lowest BCUT2D eigenvalue weighted by atomic mass is 10.1. The lowest BCUT2D eigenvalue weighted by molar-refractivity contribution is 0.0993. The van der Waals surface area contributed by atoms with E-state index in [-0.39, 0.29) is 5.91 Å². The maximum absolute atomic E-state index is 12.5. The molecule has 0 aliphatic heterocycles. The molecule has 0 bridgehead atoms. The molecule has 1 amide bonds. The predicted molar refractivity (Wildman–Crippen MR) is 80.6 cm³/mol. The SMILES string of the molecule is CCc1cc(C(=O)N(C)c2ccccc2)cc(NN)n1. The van der Waals surface area contributed by atoms with Crippen LogP contribution in [-0.4, -0.2) is 17.9 Å². The lowest BCUT2D eigenvalue weighted by Crippen LogP contribution is -2.26. The van der Waals surface area contributed by atoms with E-state index in [0.717, 1.165) is 17.8 Å². The van der Waals surface area contributed by atoms with Crippen molar-refractivity contribution in [2.75, 3.05) is 17.4 Å². The van der Waals surface area contributed by atoms with Crippen molar-refractivity contribution in [3.63, 3.8) is 0 Å². The second-order valence-corrected chi connectivity index (χ2v) is 4.43. The average molecular weight is 270 g/mol. The van der Waals surface area contributed by atoms with Crippen molar-refractivity contribution < 1.29 is 4.79 Å². The van der Waals surface area contributed by atoms with Gasteiger partial charge in [0.05, 0.1) is 0 Å². The van der Waals surface area contributed by atoms with E-state index in [0.29, 0.717) is 11.4 Å². The number of aryl methyl sites for hydroxylation is 1. The van der Waals surface area contributed by atoms with E-state index in [2.05, 4.69) is 10.4 Å². The molecule has 0 aliphatic carbocycles. The van der Waals surface area contributed by atoms with Crippen molar-refractivity contribution >= 4 is 17.4 Å². The molecule has 2 aromatic rings. The number of pyridine rings is 1. The highest BCUT2D eigenvalue weighted by atomic mass is 16.2. The van der Waals surface area contributed by atoms with E-state index < -0.39 is 0 Å². The third kappa shape index (κ3) is 2.95. The molecule has 0 saturated heterocycles. The molecule has 2 rings (SSSR count). The van der Waals surface area contributed by atoms with Crippen LogP contribution < -0.4 is 16.2 Å². The summed E-state index contributed by atoms with van der Waals surface area (Å²) in [4.78, 5) is 18.4. The summed E-state index contributed by atoms with van der Waals surface area (Å²) in [6.07, 6.45) is 0.741. The van der Waals surface area contributed by atoms with Gasteiger partial charge in [-0.1, -0.05) is 25.1 Å². The minimum absolute atomic E-state index is 0.0928. The highest BCUT2D eigenvalue weighted by Crippen LogP contribution is 2.17. The summed E-state index contributed by atoms with van der Waals surface area (Å²) in [5, 5.41) is 0. The normalized spacial score (nSPS) is 10.2. The first kappa shape index (κ1) is 14.0. The smallest absolute Gasteiger partial charge is 0.258 e. The number of carbonyl (C=O) groups is 1. The number of hydrogen-bond donors (Lipinski definition) is 2. The van der Waals surface area contributed by atoms with Crippen LogP contribution in [0.2, 0.25) is 0 Å². The van der Waals surface area contributed by atoms with Crippen LogP contribution in [0, 0.1) is 0 Å². The second-order valence-electron chi connectivity index (χ2n) is 4.43. The number of rotatable bonds is 4. The van der Waals surface area contributed by atoms with Gasteiger partial charge in [0.1, 0.15) is 5.82 Å². The van der Waals surface area contributed by atoms with Gasteiger partial charge in [0.15, 0.2) is 0 Å². The molecule has 5 nitrogen and oxygen atoms in total. The van der Waals surface area contributed by atoms with Crippen LogP contribution in [0.1, 0.15) is 23.0 Å².